The predicted molar refractivity (Wildman–Crippen MR) is 80.9 cm³/mol. The minimum absolute atomic E-state index is 0.737. The fourth-order valence-electron chi connectivity index (χ4n) is 1.49. The molecule has 1 N–H and O–H groups in total. The van der Waals surface area contributed by atoms with Gasteiger partial charge in [-0.3, -0.25) is 0 Å². The molecule has 0 saturated heterocycles. The van der Waals surface area contributed by atoms with Gasteiger partial charge in [-0.2, -0.15) is 11.3 Å². The molecule has 5 heteroatoms. The molecule has 0 fully saturated rings. The van der Waals surface area contributed by atoms with Crippen LogP contribution in [0.2, 0.25) is 5.02 Å². The van der Waals surface area contributed by atoms with E-state index >= 15 is 0 Å². The van der Waals surface area contributed by atoms with Crippen molar-refractivity contribution in [2.75, 3.05) is 18.8 Å². The lowest BCUT2D eigenvalue weighted by molar-refractivity contribution is 0.722. The third kappa shape index (κ3) is 4.61. The molecule has 18 heavy (non-hydrogen) atoms. The van der Waals surface area contributed by atoms with Crippen LogP contribution in [0.15, 0.2) is 40.2 Å². The average Bonchev–Trinajstić information content (AvgIpc) is 2.89. The highest BCUT2D eigenvalue weighted by Gasteiger charge is 2.00. The lowest BCUT2D eigenvalue weighted by Gasteiger charge is -2.04. The zero-order valence-corrected chi connectivity index (χ0v) is 12.3. The van der Waals surface area contributed by atoms with E-state index in [9.17, 15) is 0 Å². The fraction of sp³-hybridized carbons (Fsp3) is 0.308. The van der Waals surface area contributed by atoms with E-state index in [1.165, 1.54) is 5.56 Å². The van der Waals surface area contributed by atoms with E-state index in [4.69, 9.17) is 11.6 Å². The molecule has 2 aromatic heterocycles. The lowest BCUT2D eigenvalue weighted by atomic mass is 10.2. The van der Waals surface area contributed by atoms with E-state index in [0.717, 1.165) is 35.3 Å². The van der Waals surface area contributed by atoms with Crippen molar-refractivity contribution in [3.63, 3.8) is 0 Å². The van der Waals surface area contributed by atoms with Crippen molar-refractivity contribution in [1.29, 1.82) is 0 Å². The van der Waals surface area contributed by atoms with Gasteiger partial charge in [-0.15, -0.1) is 11.8 Å². The first-order valence-electron chi connectivity index (χ1n) is 5.81. The van der Waals surface area contributed by atoms with Gasteiger partial charge in [0, 0.05) is 18.5 Å². The van der Waals surface area contributed by atoms with Crippen molar-refractivity contribution in [1.82, 2.24) is 10.3 Å². The molecule has 0 aromatic carbocycles. The molecular formula is C13H15ClN2S2. The highest BCUT2D eigenvalue weighted by atomic mass is 35.5. The van der Waals surface area contributed by atoms with Crippen molar-refractivity contribution in [3.05, 3.63) is 45.7 Å². The molecule has 0 aliphatic rings. The van der Waals surface area contributed by atoms with E-state index in [0.29, 0.717) is 0 Å². The Balaban J connectivity index is 1.58. The Morgan fingerprint density at radius 3 is 3.06 bits per heavy atom. The second-order valence-electron chi connectivity index (χ2n) is 3.77. The SMILES string of the molecule is Clc1cccnc1SCCNCCc1ccsc1. The molecule has 0 bridgehead atoms. The van der Waals surface area contributed by atoms with Crippen LogP contribution in [-0.4, -0.2) is 23.8 Å². The van der Waals surface area contributed by atoms with Crippen LogP contribution in [0, 0.1) is 0 Å². The molecule has 0 amide bonds. The van der Waals surface area contributed by atoms with Crippen LogP contribution in [0.1, 0.15) is 5.56 Å². The van der Waals surface area contributed by atoms with E-state index in [1.807, 2.05) is 12.1 Å². The fourth-order valence-corrected chi connectivity index (χ4v) is 3.26. The van der Waals surface area contributed by atoms with Crippen molar-refractivity contribution in [3.8, 4) is 0 Å². The number of aromatic nitrogens is 1. The zero-order chi connectivity index (χ0) is 12.6. The standard InChI is InChI=1S/C13H15ClN2S2/c14-12-2-1-5-16-13(12)18-9-7-15-6-3-11-4-8-17-10-11/h1-2,4-5,8,10,15H,3,6-7,9H2. The number of nitrogens with zero attached hydrogens (tertiary/aromatic N) is 1. The molecular weight excluding hydrogens is 284 g/mol. The van der Waals surface area contributed by atoms with Crippen molar-refractivity contribution < 1.29 is 0 Å². The number of pyridine rings is 1. The van der Waals surface area contributed by atoms with Gasteiger partial charge in [-0.1, -0.05) is 11.6 Å². The Hall–Kier alpha value is -0.550. The van der Waals surface area contributed by atoms with E-state index in [-0.39, 0.29) is 0 Å². The molecule has 0 atom stereocenters. The monoisotopic (exact) mass is 298 g/mol. The van der Waals surface area contributed by atoms with Crippen LogP contribution in [0.5, 0.6) is 0 Å². The normalized spacial score (nSPS) is 10.7. The van der Waals surface area contributed by atoms with Crippen LogP contribution in [0.3, 0.4) is 0 Å². The Labute approximate surface area is 121 Å². The summed E-state index contributed by atoms with van der Waals surface area (Å²) in [6, 6.07) is 5.90. The number of rotatable bonds is 7. The molecule has 0 saturated carbocycles. The highest BCUT2D eigenvalue weighted by molar-refractivity contribution is 7.99. The minimum Gasteiger partial charge on any atom is -0.316 e. The van der Waals surface area contributed by atoms with Gasteiger partial charge in [0.25, 0.3) is 0 Å². The summed E-state index contributed by atoms with van der Waals surface area (Å²) in [7, 11) is 0. The summed E-state index contributed by atoms with van der Waals surface area (Å²) in [5, 5.41) is 9.40. The number of thioether (sulfide) groups is 1. The van der Waals surface area contributed by atoms with Gasteiger partial charge in [0.2, 0.25) is 0 Å². The molecule has 2 nitrogen and oxygen atoms in total. The zero-order valence-electron chi connectivity index (χ0n) is 9.93. The second-order valence-corrected chi connectivity index (χ2v) is 6.04. The van der Waals surface area contributed by atoms with Crippen molar-refractivity contribution in [2.24, 2.45) is 0 Å². The Bertz CT molecular complexity index is 460. The summed E-state index contributed by atoms with van der Waals surface area (Å²) in [5.41, 5.74) is 1.41. The molecule has 2 aromatic rings. The topological polar surface area (TPSA) is 24.9 Å². The van der Waals surface area contributed by atoms with E-state index < -0.39 is 0 Å². The second kappa shape index (κ2) is 7.79. The van der Waals surface area contributed by atoms with Gasteiger partial charge in [-0.25, -0.2) is 4.98 Å². The van der Waals surface area contributed by atoms with Gasteiger partial charge < -0.3 is 5.32 Å². The van der Waals surface area contributed by atoms with Crippen LogP contribution in [0.25, 0.3) is 0 Å². The first-order chi connectivity index (χ1) is 8.86. The maximum Gasteiger partial charge on any atom is 0.115 e. The quantitative estimate of drug-likeness (QED) is 0.623. The summed E-state index contributed by atoms with van der Waals surface area (Å²) in [6.07, 6.45) is 2.87. The summed E-state index contributed by atoms with van der Waals surface area (Å²) in [4.78, 5) is 4.24. The van der Waals surface area contributed by atoms with Gasteiger partial charge in [-0.05, 0) is 47.5 Å². The van der Waals surface area contributed by atoms with Crippen molar-refractivity contribution in [2.45, 2.75) is 11.4 Å². The smallest absolute Gasteiger partial charge is 0.115 e. The minimum atomic E-state index is 0.737. The van der Waals surface area contributed by atoms with Crippen LogP contribution in [-0.2, 0) is 6.42 Å². The van der Waals surface area contributed by atoms with Gasteiger partial charge >= 0.3 is 0 Å². The molecule has 2 heterocycles. The Morgan fingerprint density at radius 1 is 1.33 bits per heavy atom. The molecule has 0 aliphatic heterocycles. The van der Waals surface area contributed by atoms with Gasteiger partial charge in [0.05, 0.1) is 5.02 Å². The molecule has 0 spiro atoms. The number of halogens is 1. The average molecular weight is 299 g/mol. The molecule has 0 unspecified atom stereocenters. The molecule has 96 valence electrons. The summed E-state index contributed by atoms with van der Waals surface area (Å²) in [6.45, 7) is 1.99. The first-order valence-corrected chi connectivity index (χ1v) is 8.12. The summed E-state index contributed by atoms with van der Waals surface area (Å²) < 4.78 is 0. The number of hydrogen-bond donors (Lipinski definition) is 1. The van der Waals surface area contributed by atoms with Crippen LogP contribution < -0.4 is 5.32 Å². The number of hydrogen-bond acceptors (Lipinski definition) is 4. The highest BCUT2D eigenvalue weighted by Crippen LogP contribution is 2.23. The summed E-state index contributed by atoms with van der Waals surface area (Å²) in [5.74, 6) is 0.986. The summed E-state index contributed by atoms with van der Waals surface area (Å²) >= 11 is 9.47. The van der Waals surface area contributed by atoms with Crippen LogP contribution in [0.4, 0.5) is 0 Å². The van der Waals surface area contributed by atoms with Crippen molar-refractivity contribution >= 4 is 34.7 Å². The van der Waals surface area contributed by atoms with Gasteiger partial charge in [0.1, 0.15) is 5.03 Å². The predicted octanol–water partition coefficient (Wildman–Crippen LogP) is 3.72. The Kier molecular flexibility index (Phi) is 6.00. The molecule has 2 rings (SSSR count). The van der Waals surface area contributed by atoms with Crippen LogP contribution >= 0.6 is 34.7 Å². The first kappa shape index (κ1) is 13.9. The van der Waals surface area contributed by atoms with E-state index in [1.54, 1.807) is 29.3 Å². The molecule has 0 radical (unpaired) electrons. The van der Waals surface area contributed by atoms with Gasteiger partial charge in [0.15, 0.2) is 0 Å². The van der Waals surface area contributed by atoms with E-state index in [2.05, 4.69) is 27.1 Å². The maximum absolute atomic E-state index is 6.03. The number of nitrogens with one attached hydrogen (secondary N) is 1. The third-order valence-corrected chi connectivity index (χ3v) is 4.57. The Morgan fingerprint density at radius 2 is 2.28 bits per heavy atom. The number of thiophene rings is 1. The molecule has 0 aliphatic carbocycles. The largest absolute Gasteiger partial charge is 0.316 e. The third-order valence-electron chi connectivity index (χ3n) is 2.41. The lowest BCUT2D eigenvalue weighted by Crippen LogP contribution is -2.19. The maximum atomic E-state index is 6.03.